The molecule has 0 saturated carbocycles. The molecule has 1 aliphatic rings. The highest BCUT2D eigenvalue weighted by atomic mass is 35.5. The van der Waals surface area contributed by atoms with Crippen molar-refractivity contribution in [3.8, 4) is 11.5 Å². The first-order chi connectivity index (χ1) is 8.71. The molecule has 0 amide bonds. The first kappa shape index (κ1) is 15.9. The minimum Gasteiger partial charge on any atom is -0.493 e. The molecular formula is C15H22ClNO2. The fraction of sp³-hybridized carbons (Fsp3) is 0.467. The van der Waals surface area contributed by atoms with Crippen molar-refractivity contribution in [2.75, 3.05) is 27.3 Å². The summed E-state index contributed by atoms with van der Waals surface area (Å²) in [6.45, 7) is 8.04. The molecule has 19 heavy (non-hydrogen) atoms. The van der Waals surface area contributed by atoms with Gasteiger partial charge in [-0.25, -0.2) is 0 Å². The van der Waals surface area contributed by atoms with Crippen LogP contribution < -0.4 is 9.47 Å². The van der Waals surface area contributed by atoms with Crippen molar-refractivity contribution in [2.24, 2.45) is 0 Å². The van der Waals surface area contributed by atoms with Crippen LogP contribution in [0, 0.1) is 0 Å². The van der Waals surface area contributed by atoms with Gasteiger partial charge < -0.3 is 9.47 Å². The van der Waals surface area contributed by atoms with Gasteiger partial charge in [0.25, 0.3) is 0 Å². The van der Waals surface area contributed by atoms with E-state index in [-0.39, 0.29) is 12.4 Å². The summed E-state index contributed by atoms with van der Waals surface area (Å²) >= 11 is 0. The summed E-state index contributed by atoms with van der Waals surface area (Å²) in [6, 6.07) is 4.61. The SMILES string of the molecule is C=CCN1CCc2cc(OC)c(OC)cc2[C@@H]1C.Cl. The molecule has 1 heterocycles. The van der Waals surface area contributed by atoms with Gasteiger partial charge in [0.1, 0.15) is 0 Å². The lowest BCUT2D eigenvalue weighted by Crippen LogP contribution is -2.34. The highest BCUT2D eigenvalue weighted by molar-refractivity contribution is 5.85. The van der Waals surface area contributed by atoms with Crippen molar-refractivity contribution in [1.29, 1.82) is 0 Å². The predicted octanol–water partition coefficient (Wildman–Crippen LogP) is 3.23. The molecule has 0 radical (unpaired) electrons. The Labute approximate surface area is 121 Å². The molecule has 0 aromatic heterocycles. The van der Waals surface area contributed by atoms with Crippen LogP contribution in [-0.2, 0) is 6.42 Å². The second-order valence-corrected chi connectivity index (χ2v) is 4.62. The summed E-state index contributed by atoms with van der Waals surface area (Å²) in [4.78, 5) is 2.42. The molecule has 0 N–H and O–H groups in total. The predicted molar refractivity (Wildman–Crippen MR) is 80.7 cm³/mol. The molecule has 1 atom stereocenters. The Morgan fingerprint density at radius 2 is 1.95 bits per heavy atom. The maximum atomic E-state index is 5.38. The minimum absolute atomic E-state index is 0. The summed E-state index contributed by atoms with van der Waals surface area (Å²) in [5.74, 6) is 1.63. The fourth-order valence-electron chi connectivity index (χ4n) is 2.61. The lowest BCUT2D eigenvalue weighted by molar-refractivity contribution is 0.220. The molecule has 1 aromatic rings. The van der Waals surface area contributed by atoms with Crippen molar-refractivity contribution < 1.29 is 9.47 Å². The molecule has 0 saturated heterocycles. The molecule has 106 valence electrons. The number of fused-ring (bicyclic) bond motifs is 1. The van der Waals surface area contributed by atoms with E-state index in [0.29, 0.717) is 6.04 Å². The Bertz CT molecular complexity index is 448. The molecule has 0 spiro atoms. The van der Waals surface area contributed by atoms with Gasteiger partial charge in [-0.15, -0.1) is 19.0 Å². The van der Waals surface area contributed by atoms with Crippen LogP contribution in [0.25, 0.3) is 0 Å². The van der Waals surface area contributed by atoms with E-state index in [1.807, 2.05) is 6.08 Å². The quantitative estimate of drug-likeness (QED) is 0.792. The van der Waals surface area contributed by atoms with E-state index in [1.165, 1.54) is 11.1 Å². The fourth-order valence-corrected chi connectivity index (χ4v) is 2.61. The number of hydrogen-bond acceptors (Lipinski definition) is 3. The van der Waals surface area contributed by atoms with E-state index in [2.05, 4.69) is 30.5 Å². The van der Waals surface area contributed by atoms with E-state index >= 15 is 0 Å². The zero-order valence-corrected chi connectivity index (χ0v) is 12.6. The lowest BCUT2D eigenvalue weighted by Gasteiger charge is -2.35. The molecule has 0 unspecified atom stereocenters. The molecular weight excluding hydrogens is 262 g/mol. The van der Waals surface area contributed by atoms with Gasteiger partial charge in [-0.1, -0.05) is 6.08 Å². The number of benzene rings is 1. The summed E-state index contributed by atoms with van der Waals surface area (Å²) in [5.41, 5.74) is 2.70. The van der Waals surface area contributed by atoms with Crippen molar-refractivity contribution in [3.63, 3.8) is 0 Å². The van der Waals surface area contributed by atoms with Crippen molar-refractivity contribution in [2.45, 2.75) is 19.4 Å². The van der Waals surface area contributed by atoms with Crippen LogP contribution >= 0.6 is 12.4 Å². The van der Waals surface area contributed by atoms with Gasteiger partial charge in [-0.3, -0.25) is 4.90 Å². The van der Waals surface area contributed by atoms with Gasteiger partial charge in [-0.05, 0) is 36.6 Å². The van der Waals surface area contributed by atoms with E-state index in [1.54, 1.807) is 14.2 Å². The van der Waals surface area contributed by atoms with Gasteiger partial charge in [0, 0.05) is 19.1 Å². The van der Waals surface area contributed by atoms with E-state index in [4.69, 9.17) is 9.47 Å². The molecule has 1 aliphatic heterocycles. The van der Waals surface area contributed by atoms with Crippen LogP contribution in [0.4, 0.5) is 0 Å². The summed E-state index contributed by atoms with van der Waals surface area (Å²) in [6.07, 6.45) is 3.01. The van der Waals surface area contributed by atoms with Gasteiger partial charge in [-0.2, -0.15) is 0 Å². The Hall–Kier alpha value is -1.19. The molecule has 4 heteroatoms. The monoisotopic (exact) mass is 283 g/mol. The van der Waals surface area contributed by atoms with Gasteiger partial charge in [0.15, 0.2) is 11.5 Å². The van der Waals surface area contributed by atoms with Gasteiger partial charge in [0.05, 0.1) is 14.2 Å². The minimum atomic E-state index is 0. The molecule has 3 nitrogen and oxygen atoms in total. The number of nitrogens with zero attached hydrogens (tertiary/aromatic N) is 1. The topological polar surface area (TPSA) is 21.7 Å². The van der Waals surface area contributed by atoms with Crippen LogP contribution in [0.5, 0.6) is 11.5 Å². The zero-order chi connectivity index (χ0) is 13.1. The first-order valence-electron chi connectivity index (χ1n) is 6.31. The maximum Gasteiger partial charge on any atom is 0.161 e. The normalized spacial score (nSPS) is 18.2. The highest BCUT2D eigenvalue weighted by Gasteiger charge is 2.24. The number of rotatable bonds is 4. The maximum absolute atomic E-state index is 5.38. The van der Waals surface area contributed by atoms with Crippen molar-refractivity contribution in [3.05, 3.63) is 35.9 Å². The zero-order valence-electron chi connectivity index (χ0n) is 11.8. The molecule has 2 rings (SSSR count). The standard InChI is InChI=1S/C15H21NO2.ClH/c1-5-7-16-8-6-12-9-14(17-3)15(18-4)10-13(12)11(16)2;/h5,9-11H,1,6-8H2,2-4H3;1H/t11-;/m0./s1. The van der Waals surface area contributed by atoms with Crippen molar-refractivity contribution >= 4 is 12.4 Å². The van der Waals surface area contributed by atoms with Crippen LogP contribution in [0.15, 0.2) is 24.8 Å². The van der Waals surface area contributed by atoms with E-state index < -0.39 is 0 Å². The highest BCUT2D eigenvalue weighted by Crippen LogP contribution is 2.37. The van der Waals surface area contributed by atoms with Gasteiger partial charge >= 0.3 is 0 Å². The Kier molecular flexibility index (Phi) is 5.70. The van der Waals surface area contributed by atoms with Crippen LogP contribution in [-0.4, -0.2) is 32.2 Å². The molecule has 0 aliphatic carbocycles. The van der Waals surface area contributed by atoms with Crippen LogP contribution in [0.1, 0.15) is 24.1 Å². The molecule has 0 fully saturated rings. The van der Waals surface area contributed by atoms with E-state index in [9.17, 15) is 0 Å². The Morgan fingerprint density at radius 3 is 2.53 bits per heavy atom. The third-order valence-corrected chi connectivity index (χ3v) is 3.68. The Morgan fingerprint density at radius 1 is 1.32 bits per heavy atom. The largest absolute Gasteiger partial charge is 0.493 e. The third-order valence-electron chi connectivity index (χ3n) is 3.68. The summed E-state index contributed by atoms with van der Waals surface area (Å²) < 4.78 is 10.7. The average molecular weight is 284 g/mol. The number of ether oxygens (including phenoxy) is 2. The van der Waals surface area contributed by atoms with Crippen LogP contribution in [0.2, 0.25) is 0 Å². The third kappa shape index (κ3) is 3.04. The average Bonchev–Trinajstić information content (AvgIpc) is 2.41. The van der Waals surface area contributed by atoms with Crippen molar-refractivity contribution in [1.82, 2.24) is 4.90 Å². The Balaban J connectivity index is 0.00000180. The van der Waals surface area contributed by atoms with E-state index in [0.717, 1.165) is 31.0 Å². The molecule has 1 aromatic carbocycles. The number of halogens is 1. The van der Waals surface area contributed by atoms with Crippen LogP contribution in [0.3, 0.4) is 0 Å². The second-order valence-electron chi connectivity index (χ2n) is 4.62. The first-order valence-corrected chi connectivity index (χ1v) is 6.31. The molecule has 0 bridgehead atoms. The summed E-state index contributed by atoms with van der Waals surface area (Å²) in [5, 5.41) is 0. The smallest absolute Gasteiger partial charge is 0.161 e. The summed E-state index contributed by atoms with van der Waals surface area (Å²) in [7, 11) is 3.36. The second kappa shape index (κ2) is 6.83. The lowest BCUT2D eigenvalue weighted by atomic mass is 9.93. The number of methoxy groups -OCH3 is 2. The van der Waals surface area contributed by atoms with Gasteiger partial charge in [0.2, 0.25) is 0 Å². The number of hydrogen-bond donors (Lipinski definition) is 0.